The second-order valence-electron chi connectivity index (χ2n) is 12.0. The fraction of sp³-hybridized carbons (Fsp3) is 0. The molecule has 0 saturated heterocycles. The van der Waals surface area contributed by atoms with Crippen LogP contribution in [0.4, 0.5) is 0 Å². The smallest absolute Gasteiger partial charge is 0.138 e. The van der Waals surface area contributed by atoms with E-state index >= 15 is 0 Å². The number of nitrogens with zero attached hydrogens (tertiary/aromatic N) is 3. The molecule has 0 amide bonds. The number of hydrogen-bond acceptors (Lipinski definition) is 1. The molecule has 3 heteroatoms. The van der Waals surface area contributed by atoms with Crippen molar-refractivity contribution in [1.29, 1.82) is 0 Å². The second-order valence-corrected chi connectivity index (χ2v) is 12.0. The lowest BCUT2D eigenvalue weighted by molar-refractivity contribution is 1.08. The molecular weight excluding hydrogens is 558 g/mol. The molecule has 0 aliphatic heterocycles. The normalized spacial score (nSPS) is 11.9. The number of hydrogen-bond donors (Lipinski definition) is 0. The van der Waals surface area contributed by atoms with Crippen molar-refractivity contribution in [3.8, 4) is 28.2 Å². The summed E-state index contributed by atoms with van der Waals surface area (Å²) in [6, 6.07) is 58.8. The first-order valence-electron chi connectivity index (χ1n) is 15.7. The SMILES string of the molecule is c1ccc(-c2cc(-c3ccccc3)nc(-n3c4ccccc4c4c5c(ccc43)c3ccccc3n3c4ccccc4cc53)c2)cc1. The van der Waals surface area contributed by atoms with Gasteiger partial charge in [-0.25, -0.2) is 4.98 Å². The van der Waals surface area contributed by atoms with Crippen molar-refractivity contribution in [2.24, 2.45) is 0 Å². The summed E-state index contributed by atoms with van der Waals surface area (Å²) in [6.45, 7) is 0. The third-order valence-electron chi connectivity index (χ3n) is 9.46. The molecule has 10 aromatic rings. The van der Waals surface area contributed by atoms with Crippen LogP contribution in [0.3, 0.4) is 0 Å². The van der Waals surface area contributed by atoms with Crippen molar-refractivity contribution < 1.29 is 0 Å². The molecule has 0 aliphatic carbocycles. The summed E-state index contributed by atoms with van der Waals surface area (Å²) in [7, 11) is 0. The largest absolute Gasteiger partial charge is 0.309 e. The lowest BCUT2D eigenvalue weighted by Gasteiger charge is -2.14. The maximum absolute atomic E-state index is 5.36. The quantitative estimate of drug-likeness (QED) is 0.189. The van der Waals surface area contributed by atoms with E-state index in [2.05, 4.69) is 173 Å². The highest BCUT2D eigenvalue weighted by Gasteiger charge is 2.21. The zero-order valence-corrected chi connectivity index (χ0v) is 24.9. The van der Waals surface area contributed by atoms with Crippen molar-refractivity contribution in [1.82, 2.24) is 14.0 Å². The number of para-hydroxylation sites is 3. The first-order chi connectivity index (χ1) is 22.8. The standard InChI is InChI=1S/C43H27N3/c1-3-13-28(14-4-1)31-25-35(29-15-5-2-6-16-29)44-41(27-31)46-38-22-12-9-19-34(38)43-39(46)24-23-33-32-18-8-11-21-37(32)45-36-20-10-7-17-30(36)26-40(45)42(33)43/h1-27H. The summed E-state index contributed by atoms with van der Waals surface area (Å²) >= 11 is 0. The molecule has 3 nitrogen and oxygen atoms in total. The Hall–Kier alpha value is -6.19. The molecule has 0 bridgehead atoms. The molecule has 4 heterocycles. The fourth-order valence-electron chi connectivity index (χ4n) is 7.48. The highest BCUT2D eigenvalue weighted by molar-refractivity contribution is 6.30. The Kier molecular flexibility index (Phi) is 5.28. The topological polar surface area (TPSA) is 22.2 Å². The summed E-state index contributed by atoms with van der Waals surface area (Å²) in [4.78, 5) is 5.36. The highest BCUT2D eigenvalue weighted by Crippen LogP contribution is 2.43. The first-order valence-corrected chi connectivity index (χ1v) is 15.7. The van der Waals surface area contributed by atoms with Crippen LogP contribution >= 0.6 is 0 Å². The average molecular weight is 586 g/mol. The number of aromatic nitrogens is 3. The molecule has 4 aromatic heterocycles. The van der Waals surface area contributed by atoms with Crippen molar-refractivity contribution in [2.75, 3.05) is 0 Å². The van der Waals surface area contributed by atoms with E-state index in [-0.39, 0.29) is 0 Å². The predicted molar refractivity (Wildman–Crippen MR) is 193 cm³/mol. The fourth-order valence-corrected chi connectivity index (χ4v) is 7.48. The van der Waals surface area contributed by atoms with Gasteiger partial charge in [0.2, 0.25) is 0 Å². The van der Waals surface area contributed by atoms with Gasteiger partial charge in [0, 0.05) is 32.5 Å². The maximum Gasteiger partial charge on any atom is 0.138 e. The molecule has 0 unspecified atom stereocenters. The van der Waals surface area contributed by atoms with Crippen LogP contribution in [0.2, 0.25) is 0 Å². The van der Waals surface area contributed by atoms with Gasteiger partial charge in [-0.1, -0.05) is 121 Å². The van der Waals surface area contributed by atoms with E-state index in [1.165, 1.54) is 54.4 Å². The van der Waals surface area contributed by atoms with Crippen LogP contribution in [0, 0.1) is 0 Å². The van der Waals surface area contributed by atoms with Crippen LogP contribution in [0.25, 0.3) is 88.1 Å². The van der Waals surface area contributed by atoms with Gasteiger partial charge in [0.05, 0.1) is 33.3 Å². The van der Waals surface area contributed by atoms with Gasteiger partial charge in [0.15, 0.2) is 0 Å². The van der Waals surface area contributed by atoms with Crippen molar-refractivity contribution in [3.05, 3.63) is 164 Å². The minimum Gasteiger partial charge on any atom is -0.309 e. The Morgan fingerprint density at radius 3 is 1.80 bits per heavy atom. The van der Waals surface area contributed by atoms with Gasteiger partial charge in [-0.05, 0) is 59.0 Å². The van der Waals surface area contributed by atoms with Crippen LogP contribution in [0.1, 0.15) is 0 Å². The molecule has 0 radical (unpaired) electrons. The molecule has 0 N–H and O–H groups in total. The van der Waals surface area contributed by atoms with Gasteiger partial charge in [-0.15, -0.1) is 0 Å². The molecule has 0 spiro atoms. The Balaban J connectivity index is 1.38. The van der Waals surface area contributed by atoms with E-state index < -0.39 is 0 Å². The number of rotatable bonds is 3. The van der Waals surface area contributed by atoms with Crippen LogP contribution in [0.5, 0.6) is 0 Å². The van der Waals surface area contributed by atoms with E-state index in [1.807, 2.05) is 0 Å². The third-order valence-corrected chi connectivity index (χ3v) is 9.46. The van der Waals surface area contributed by atoms with Gasteiger partial charge in [0.1, 0.15) is 5.82 Å². The molecule has 46 heavy (non-hydrogen) atoms. The minimum absolute atomic E-state index is 0.906. The van der Waals surface area contributed by atoms with E-state index in [0.29, 0.717) is 0 Å². The molecule has 0 fully saturated rings. The van der Waals surface area contributed by atoms with Crippen molar-refractivity contribution in [3.63, 3.8) is 0 Å². The molecule has 0 saturated carbocycles. The molecular formula is C43H27N3. The van der Waals surface area contributed by atoms with Crippen LogP contribution in [0.15, 0.2) is 164 Å². The van der Waals surface area contributed by atoms with E-state index in [1.54, 1.807) is 0 Å². The Morgan fingerprint density at radius 1 is 0.370 bits per heavy atom. The molecule has 6 aromatic carbocycles. The van der Waals surface area contributed by atoms with E-state index in [9.17, 15) is 0 Å². The van der Waals surface area contributed by atoms with Gasteiger partial charge < -0.3 is 4.40 Å². The van der Waals surface area contributed by atoms with Crippen molar-refractivity contribution >= 4 is 59.9 Å². The molecule has 0 aliphatic rings. The zero-order valence-electron chi connectivity index (χ0n) is 24.9. The lowest BCUT2D eigenvalue weighted by atomic mass is 10.00. The van der Waals surface area contributed by atoms with Gasteiger partial charge in [-0.3, -0.25) is 4.57 Å². The lowest BCUT2D eigenvalue weighted by Crippen LogP contribution is -2.00. The van der Waals surface area contributed by atoms with Gasteiger partial charge >= 0.3 is 0 Å². The second kappa shape index (κ2) is 9.65. The Morgan fingerprint density at radius 2 is 1.00 bits per heavy atom. The summed E-state index contributed by atoms with van der Waals surface area (Å²) in [6.07, 6.45) is 0. The maximum atomic E-state index is 5.36. The van der Waals surface area contributed by atoms with Gasteiger partial charge in [-0.2, -0.15) is 0 Å². The Bertz CT molecular complexity index is 2730. The Labute approximate surface area is 265 Å². The predicted octanol–water partition coefficient (Wildman–Crippen LogP) is 11.2. The van der Waals surface area contributed by atoms with Crippen LogP contribution < -0.4 is 0 Å². The first kappa shape index (κ1) is 25.2. The van der Waals surface area contributed by atoms with E-state index in [4.69, 9.17) is 4.98 Å². The molecule has 10 rings (SSSR count). The monoisotopic (exact) mass is 585 g/mol. The van der Waals surface area contributed by atoms with Crippen molar-refractivity contribution in [2.45, 2.75) is 0 Å². The van der Waals surface area contributed by atoms with Gasteiger partial charge in [0.25, 0.3) is 0 Å². The summed E-state index contributed by atoms with van der Waals surface area (Å²) in [5.41, 5.74) is 10.3. The highest BCUT2D eigenvalue weighted by atomic mass is 15.1. The summed E-state index contributed by atoms with van der Waals surface area (Å²) < 4.78 is 4.80. The van der Waals surface area contributed by atoms with Crippen LogP contribution in [-0.4, -0.2) is 14.0 Å². The van der Waals surface area contributed by atoms with Crippen LogP contribution in [-0.2, 0) is 0 Å². The number of fused-ring (bicyclic) bond motifs is 12. The average Bonchev–Trinajstić information content (AvgIpc) is 3.69. The zero-order chi connectivity index (χ0) is 30.2. The number of benzene rings is 6. The molecule has 0 atom stereocenters. The minimum atomic E-state index is 0.906. The third kappa shape index (κ3) is 3.57. The summed E-state index contributed by atoms with van der Waals surface area (Å²) in [5.74, 6) is 0.906. The van der Waals surface area contributed by atoms with E-state index in [0.717, 1.165) is 33.7 Å². The molecule has 214 valence electrons. The summed E-state index contributed by atoms with van der Waals surface area (Å²) in [5, 5.41) is 7.49. The number of pyridine rings is 2.